The third-order valence-electron chi connectivity index (χ3n) is 3.60. The molecule has 0 spiro atoms. The average molecular weight is 345 g/mol. The Morgan fingerprint density at radius 2 is 1.72 bits per heavy atom. The maximum Gasteiger partial charge on any atom is 0.255 e. The van der Waals surface area contributed by atoms with Gasteiger partial charge in [0.2, 0.25) is 0 Å². The highest BCUT2D eigenvalue weighted by Crippen LogP contribution is 2.19. The van der Waals surface area contributed by atoms with Gasteiger partial charge in [-0.25, -0.2) is 17.9 Å². The molecule has 0 radical (unpaired) electrons. The average Bonchev–Trinajstić information content (AvgIpc) is 2.91. The number of carbonyl (C=O) groups is 1. The number of nitrogens with zero attached hydrogens (tertiary/aromatic N) is 2. The molecule has 3 aromatic rings. The van der Waals surface area contributed by atoms with Crippen molar-refractivity contribution in [2.45, 2.75) is 13.8 Å². The summed E-state index contributed by atoms with van der Waals surface area (Å²) in [6, 6.07) is 9.96. The van der Waals surface area contributed by atoms with E-state index in [2.05, 4.69) is 10.4 Å². The molecular formula is C18H14F3N3O. The molecule has 1 amide bonds. The summed E-state index contributed by atoms with van der Waals surface area (Å²) in [5, 5.41) is 6.69. The second kappa shape index (κ2) is 6.43. The molecule has 25 heavy (non-hydrogen) atoms. The molecule has 2 aromatic carbocycles. The van der Waals surface area contributed by atoms with Crippen molar-refractivity contribution in [2.24, 2.45) is 0 Å². The first-order valence-corrected chi connectivity index (χ1v) is 7.45. The van der Waals surface area contributed by atoms with E-state index in [-0.39, 0.29) is 11.3 Å². The molecule has 0 unspecified atom stereocenters. The van der Waals surface area contributed by atoms with Gasteiger partial charge in [-0.1, -0.05) is 6.07 Å². The highest BCUT2D eigenvalue weighted by molar-refractivity contribution is 6.04. The zero-order valence-electron chi connectivity index (χ0n) is 13.5. The second-order valence-electron chi connectivity index (χ2n) is 5.60. The summed E-state index contributed by atoms with van der Waals surface area (Å²) in [4.78, 5) is 12.3. The third-order valence-corrected chi connectivity index (χ3v) is 3.60. The molecule has 0 aliphatic rings. The highest BCUT2D eigenvalue weighted by Gasteiger charge is 2.14. The van der Waals surface area contributed by atoms with E-state index >= 15 is 0 Å². The standard InChI is InChI=1S/C18H14F3N3O/c1-10-6-11(2)24(23-10)14-5-3-4-12(7-14)18(25)22-13-8-15(19)17(21)16(20)9-13/h3-9H,1-2H3,(H,22,25). The van der Waals surface area contributed by atoms with Gasteiger partial charge in [0, 0.05) is 29.1 Å². The summed E-state index contributed by atoms with van der Waals surface area (Å²) in [5.74, 6) is -4.89. The Morgan fingerprint density at radius 3 is 2.32 bits per heavy atom. The SMILES string of the molecule is Cc1cc(C)n(-c2cccc(C(=O)Nc3cc(F)c(F)c(F)c3)c2)n1. The highest BCUT2D eigenvalue weighted by atomic mass is 19.2. The zero-order chi connectivity index (χ0) is 18.1. The molecule has 0 fully saturated rings. The molecule has 0 saturated heterocycles. The largest absolute Gasteiger partial charge is 0.322 e. The number of halogens is 3. The maximum absolute atomic E-state index is 13.2. The van der Waals surface area contributed by atoms with Crippen molar-refractivity contribution in [3.05, 3.63) is 76.9 Å². The van der Waals surface area contributed by atoms with Crippen molar-refractivity contribution in [1.82, 2.24) is 9.78 Å². The lowest BCUT2D eigenvalue weighted by atomic mass is 10.1. The summed E-state index contributed by atoms with van der Waals surface area (Å²) in [5.41, 5.74) is 2.52. The van der Waals surface area contributed by atoms with Crippen LogP contribution in [0.2, 0.25) is 0 Å². The minimum absolute atomic E-state index is 0.169. The smallest absolute Gasteiger partial charge is 0.255 e. The van der Waals surface area contributed by atoms with Gasteiger partial charge in [0.15, 0.2) is 17.5 Å². The van der Waals surface area contributed by atoms with Crippen LogP contribution in [0.15, 0.2) is 42.5 Å². The number of carbonyl (C=O) groups excluding carboxylic acids is 1. The fourth-order valence-electron chi connectivity index (χ4n) is 2.50. The van der Waals surface area contributed by atoms with Crippen LogP contribution in [0.1, 0.15) is 21.7 Å². The van der Waals surface area contributed by atoms with Crippen molar-refractivity contribution in [3.63, 3.8) is 0 Å². The number of benzene rings is 2. The topological polar surface area (TPSA) is 46.9 Å². The van der Waals surface area contributed by atoms with E-state index in [4.69, 9.17) is 0 Å². The van der Waals surface area contributed by atoms with E-state index in [1.165, 1.54) is 0 Å². The van der Waals surface area contributed by atoms with E-state index in [1.807, 2.05) is 19.9 Å². The van der Waals surface area contributed by atoms with Crippen LogP contribution in [0.4, 0.5) is 18.9 Å². The quantitative estimate of drug-likeness (QED) is 0.725. The molecule has 4 nitrogen and oxygen atoms in total. The van der Waals surface area contributed by atoms with Crippen LogP contribution in [0.5, 0.6) is 0 Å². The van der Waals surface area contributed by atoms with E-state index in [0.717, 1.165) is 23.5 Å². The predicted octanol–water partition coefficient (Wildman–Crippen LogP) is 4.16. The lowest BCUT2D eigenvalue weighted by molar-refractivity contribution is 0.102. The number of aryl methyl sites for hydroxylation is 2. The normalized spacial score (nSPS) is 10.8. The molecule has 0 saturated carbocycles. The maximum atomic E-state index is 13.2. The molecular weight excluding hydrogens is 331 g/mol. The number of hydrogen-bond acceptors (Lipinski definition) is 2. The monoisotopic (exact) mass is 345 g/mol. The number of hydrogen-bond donors (Lipinski definition) is 1. The van der Waals surface area contributed by atoms with Gasteiger partial charge < -0.3 is 5.32 Å². The Hall–Kier alpha value is -3.09. The van der Waals surface area contributed by atoms with Gasteiger partial charge in [-0.2, -0.15) is 5.10 Å². The Balaban J connectivity index is 1.88. The lowest BCUT2D eigenvalue weighted by Crippen LogP contribution is -2.13. The molecule has 3 rings (SSSR count). The van der Waals surface area contributed by atoms with Gasteiger partial charge in [-0.15, -0.1) is 0 Å². The van der Waals surface area contributed by atoms with Crippen molar-refractivity contribution in [1.29, 1.82) is 0 Å². The van der Waals surface area contributed by atoms with Gasteiger partial charge >= 0.3 is 0 Å². The van der Waals surface area contributed by atoms with Gasteiger partial charge in [0.05, 0.1) is 11.4 Å². The Kier molecular flexibility index (Phi) is 4.31. The molecule has 128 valence electrons. The lowest BCUT2D eigenvalue weighted by Gasteiger charge is -2.09. The zero-order valence-corrected chi connectivity index (χ0v) is 13.5. The molecule has 7 heteroatoms. The van der Waals surface area contributed by atoms with Crippen LogP contribution in [0.25, 0.3) is 5.69 Å². The first-order valence-electron chi connectivity index (χ1n) is 7.45. The fraction of sp³-hybridized carbons (Fsp3) is 0.111. The van der Waals surface area contributed by atoms with Crippen LogP contribution < -0.4 is 5.32 Å². The molecule has 1 aromatic heterocycles. The van der Waals surface area contributed by atoms with Crippen LogP contribution in [-0.2, 0) is 0 Å². The first kappa shape index (κ1) is 16.8. The van der Waals surface area contributed by atoms with Gasteiger partial charge in [0.1, 0.15) is 0 Å². The van der Waals surface area contributed by atoms with Gasteiger partial charge in [-0.05, 0) is 38.1 Å². The summed E-state index contributed by atoms with van der Waals surface area (Å²) in [6.45, 7) is 3.74. The fourth-order valence-corrected chi connectivity index (χ4v) is 2.50. The van der Waals surface area contributed by atoms with E-state index in [0.29, 0.717) is 5.69 Å². The number of anilines is 1. The van der Waals surface area contributed by atoms with Crippen molar-refractivity contribution in [3.8, 4) is 5.69 Å². The van der Waals surface area contributed by atoms with Crippen molar-refractivity contribution >= 4 is 11.6 Å². The molecule has 0 bridgehead atoms. The van der Waals surface area contributed by atoms with Gasteiger partial charge in [-0.3, -0.25) is 4.79 Å². The number of aromatic nitrogens is 2. The third kappa shape index (κ3) is 3.40. The van der Waals surface area contributed by atoms with Gasteiger partial charge in [0.25, 0.3) is 5.91 Å². The summed E-state index contributed by atoms with van der Waals surface area (Å²) in [6.07, 6.45) is 0. The Bertz CT molecular complexity index is 943. The van der Waals surface area contributed by atoms with E-state index in [9.17, 15) is 18.0 Å². The van der Waals surface area contributed by atoms with Crippen molar-refractivity contribution in [2.75, 3.05) is 5.32 Å². The van der Waals surface area contributed by atoms with Crippen LogP contribution in [-0.4, -0.2) is 15.7 Å². The number of nitrogens with one attached hydrogen (secondary N) is 1. The Labute approximate surface area is 141 Å². The summed E-state index contributed by atoms with van der Waals surface area (Å²) >= 11 is 0. The second-order valence-corrected chi connectivity index (χ2v) is 5.60. The summed E-state index contributed by atoms with van der Waals surface area (Å²) < 4.78 is 41.2. The van der Waals surface area contributed by atoms with Crippen LogP contribution in [0.3, 0.4) is 0 Å². The molecule has 1 N–H and O–H groups in total. The number of rotatable bonds is 3. The minimum atomic E-state index is -1.58. The predicted molar refractivity (Wildman–Crippen MR) is 87.3 cm³/mol. The van der Waals surface area contributed by atoms with Crippen LogP contribution >= 0.6 is 0 Å². The summed E-state index contributed by atoms with van der Waals surface area (Å²) in [7, 11) is 0. The molecule has 0 aliphatic carbocycles. The van der Waals surface area contributed by atoms with E-state index in [1.54, 1.807) is 28.9 Å². The number of amides is 1. The molecule has 1 heterocycles. The first-order chi connectivity index (χ1) is 11.8. The van der Waals surface area contributed by atoms with Crippen LogP contribution in [0, 0.1) is 31.3 Å². The Morgan fingerprint density at radius 1 is 1.04 bits per heavy atom. The minimum Gasteiger partial charge on any atom is -0.322 e. The molecule has 0 aliphatic heterocycles. The molecule has 0 atom stereocenters. The van der Waals surface area contributed by atoms with E-state index < -0.39 is 23.4 Å². The van der Waals surface area contributed by atoms with Crippen molar-refractivity contribution < 1.29 is 18.0 Å².